The summed E-state index contributed by atoms with van der Waals surface area (Å²) in [6, 6.07) is 12.5. The van der Waals surface area contributed by atoms with Crippen LogP contribution in [0.1, 0.15) is 35.1 Å². The van der Waals surface area contributed by atoms with Gasteiger partial charge < -0.3 is 4.90 Å². The second-order valence-corrected chi connectivity index (χ2v) is 8.61. The molecule has 30 heavy (non-hydrogen) atoms. The third-order valence-electron chi connectivity index (χ3n) is 5.00. The summed E-state index contributed by atoms with van der Waals surface area (Å²) in [7, 11) is 0. The monoisotopic (exact) mass is 432 g/mol. The van der Waals surface area contributed by atoms with Crippen LogP contribution in [0.4, 0.5) is 18.9 Å². The highest BCUT2D eigenvalue weighted by molar-refractivity contribution is 8.00. The van der Waals surface area contributed by atoms with Crippen LogP contribution in [0.15, 0.2) is 53.4 Å². The molecule has 1 atom stereocenters. The van der Waals surface area contributed by atoms with Gasteiger partial charge in [0.2, 0.25) is 0 Å². The van der Waals surface area contributed by atoms with Gasteiger partial charge in [-0.15, -0.1) is 16.9 Å². The van der Waals surface area contributed by atoms with Gasteiger partial charge in [0.05, 0.1) is 22.6 Å². The maximum absolute atomic E-state index is 13.3. The molecular weight excluding hydrogens is 413 g/mol. The first-order valence-electron chi connectivity index (χ1n) is 9.43. The Hall–Kier alpha value is -2.81. The Morgan fingerprint density at radius 3 is 2.70 bits per heavy atom. The maximum Gasteiger partial charge on any atom is 0.416 e. The van der Waals surface area contributed by atoms with E-state index in [9.17, 15) is 18.0 Å². The highest BCUT2D eigenvalue weighted by Gasteiger charge is 2.32. The van der Waals surface area contributed by atoms with Crippen LogP contribution in [0.25, 0.3) is 5.69 Å². The number of rotatable bonds is 2. The van der Waals surface area contributed by atoms with E-state index in [1.54, 1.807) is 23.6 Å². The summed E-state index contributed by atoms with van der Waals surface area (Å²) in [4.78, 5) is 16.0. The van der Waals surface area contributed by atoms with Crippen molar-refractivity contribution in [3.8, 4) is 5.69 Å². The Kier molecular flexibility index (Phi) is 5.31. The van der Waals surface area contributed by atoms with E-state index >= 15 is 0 Å². The zero-order valence-electron chi connectivity index (χ0n) is 16.3. The summed E-state index contributed by atoms with van der Waals surface area (Å²) in [5.74, 6) is -0.312. The number of halogens is 3. The summed E-state index contributed by atoms with van der Waals surface area (Å²) in [5, 5.41) is 8.33. The van der Waals surface area contributed by atoms with Gasteiger partial charge >= 0.3 is 6.18 Å². The molecule has 3 aromatic rings. The van der Waals surface area contributed by atoms with E-state index in [1.165, 1.54) is 16.8 Å². The van der Waals surface area contributed by atoms with Crippen molar-refractivity contribution in [2.24, 2.45) is 0 Å². The molecule has 0 saturated carbocycles. The number of benzene rings is 2. The summed E-state index contributed by atoms with van der Waals surface area (Å²) in [6.07, 6.45) is -3.65. The summed E-state index contributed by atoms with van der Waals surface area (Å²) in [5.41, 5.74) is 0.748. The van der Waals surface area contributed by atoms with Crippen LogP contribution in [0.3, 0.4) is 0 Å². The Balaban J connectivity index is 1.70. The number of aromatic nitrogens is 3. The lowest BCUT2D eigenvalue weighted by Gasteiger charge is -2.21. The molecule has 0 bridgehead atoms. The lowest BCUT2D eigenvalue weighted by Crippen LogP contribution is -2.33. The molecule has 1 amide bonds. The van der Waals surface area contributed by atoms with Crippen LogP contribution < -0.4 is 4.90 Å². The molecule has 0 radical (unpaired) electrons. The third kappa shape index (κ3) is 3.81. The van der Waals surface area contributed by atoms with Crippen LogP contribution in [0.5, 0.6) is 0 Å². The first-order valence-corrected chi connectivity index (χ1v) is 10.3. The number of hydrogen-bond acceptors (Lipinski definition) is 4. The number of nitrogens with zero attached hydrogens (tertiary/aromatic N) is 4. The van der Waals surface area contributed by atoms with Crippen molar-refractivity contribution in [1.29, 1.82) is 0 Å². The Bertz CT molecular complexity index is 1100. The Labute approximate surface area is 175 Å². The normalized spacial score (nSPS) is 16.8. The molecule has 4 rings (SSSR count). The summed E-state index contributed by atoms with van der Waals surface area (Å²) in [6.45, 7) is 4.28. The molecule has 1 aliphatic heterocycles. The van der Waals surface area contributed by atoms with Crippen LogP contribution in [-0.4, -0.2) is 32.7 Å². The predicted molar refractivity (Wildman–Crippen MR) is 109 cm³/mol. The van der Waals surface area contributed by atoms with E-state index in [2.05, 4.69) is 17.2 Å². The fraction of sp³-hybridized carbons (Fsp3) is 0.286. The van der Waals surface area contributed by atoms with Crippen molar-refractivity contribution in [3.05, 3.63) is 65.5 Å². The fourth-order valence-corrected chi connectivity index (χ4v) is 4.52. The quantitative estimate of drug-likeness (QED) is 0.564. The van der Waals surface area contributed by atoms with E-state index in [0.717, 1.165) is 29.1 Å². The van der Waals surface area contributed by atoms with E-state index in [0.29, 0.717) is 17.5 Å². The van der Waals surface area contributed by atoms with Gasteiger partial charge in [-0.2, -0.15) is 13.2 Å². The van der Waals surface area contributed by atoms with E-state index in [-0.39, 0.29) is 17.3 Å². The smallest absolute Gasteiger partial charge is 0.306 e. The first kappa shape index (κ1) is 20.5. The van der Waals surface area contributed by atoms with Crippen molar-refractivity contribution in [2.75, 3.05) is 11.4 Å². The third-order valence-corrected chi connectivity index (χ3v) is 6.24. The van der Waals surface area contributed by atoms with Crippen molar-refractivity contribution >= 4 is 23.4 Å². The molecule has 5 nitrogen and oxygen atoms in total. The molecule has 0 spiro atoms. The number of hydrogen-bond donors (Lipinski definition) is 0. The van der Waals surface area contributed by atoms with Gasteiger partial charge in [0.1, 0.15) is 0 Å². The van der Waals surface area contributed by atoms with Gasteiger partial charge in [0.25, 0.3) is 5.91 Å². The fourth-order valence-electron chi connectivity index (χ4n) is 3.41. The van der Waals surface area contributed by atoms with E-state index in [1.807, 2.05) is 24.3 Å². The topological polar surface area (TPSA) is 51.0 Å². The second kappa shape index (κ2) is 7.79. The minimum atomic E-state index is -4.47. The molecule has 0 aliphatic carbocycles. The molecule has 0 unspecified atom stereocenters. The minimum Gasteiger partial charge on any atom is -0.306 e. The lowest BCUT2D eigenvalue weighted by atomic mass is 10.2. The molecule has 156 valence electrons. The van der Waals surface area contributed by atoms with Crippen molar-refractivity contribution in [3.63, 3.8) is 0 Å². The molecule has 0 fully saturated rings. The van der Waals surface area contributed by atoms with Gasteiger partial charge in [-0.25, -0.2) is 4.68 Å². The van der Waals surface area contributed by atoms with Crippen LogP contribution in [-0.2, 0) is 6.18 Å². The number of fused-ring (bicyclic) bond motifs is 1. The van der Waals surface area contributed by atoms with Crippen LogP contribution in [0, 0.1) is 6.92 Å². The number of para-hydroxylation sites is 1. The van der Waals surface area contributed by atoms with Gasteiger partial charge in [-0.1, -0.05) is 30.3 Å². The average Bonchev–Trinajstić information content (AvgIpc) is 3.00. The standard InChI is InChI=1S/C21H19F3N4OS/c1-13-10-11-27(17-8-3-4-9-18(17)30-13)20(29)19-14(2)28(26-25-19)16-7-5-6-15(12-16)21(22,23)24/h3-9,12-13H,10-11H2,1-2H3/t13-/m0/s1. The maximum atomic E-state index is 13.3. The molecular formula is C21H19F3N4OS. The molecule has 0 N–H and O–H groups in total. The lowest BCUT2D eigenvalue weighted by molar-refractivity contribution is -0.137. The van der Waals surface area contributed by atoms with Crippen molar-refractivity contribution < 1.29 is 18.0 Å². The van der Waals surface area contributed by atoms with Gasteiger partial charge in [0.15, 0.2) is 5.69 Å². The first-order chi connectivity index (χ1) is 14.3. The predicted octanol–water partition coefficient (Wildman–Crippen LogP) is 5.13. The molecule has 1 aromatic heterocycles. The number of amides is 1. The van der Waals surface area contributed by atoms with Crippen molar-refractivity contribution in [2.45, 2.75) is 36.6 Å². The highest BCUT2D eigenvalue weighted by atomic mass is 32.2. The van der Waals surface area contributed by atoms with Gasteiger partial charge in [-0.05, 0) is 43.7 Å². The molecule has 9 heteroatoms. The highest BCUT2D eigenvalue weighted by Crippen LogP contribution is 2.38. The molecule has 1 aliphatic rings. The van der Waals surface area contributed by atoms with E-state index in [4.69, 9.17) is 0 Å². The Morgan fingerprint density at radius 1 is 1.17 bits per heavy atom. The number of thioether (sulfide) groups is 1. The Morgan fingerprint density at radius 2 is 1.93 bits per heavy atom. The van der Waals surface area contributed by atoms with Gasteiger partial charge in [-0.3, -0.25) is 4.79 Å². The van der Waals surface area contributed by atoms with Gasteiger partial charge in [0, 0.05) is 16.7 Å². The molecule has 0 saturated heterocycles. The zero-order valence-corrected chi connectivity index (χ0v) is 17.2. The zero-order chi connectivity index (χ0) is 21.5. The van der Waals surface area contributed by atoms with Crippen LogP contribution in [0.2, 0.25) is 0 Å². The number of carbonyl (C=O) groups is 1. The number of anilines is 1. The molecule has 2 heterocycles. The second-order valence-electron chi connectivity index (χ2n) is 7.13. The number of alkyl halides is 3. The number of carbonyl (C=O) groups excluding carboxylic acids is 1. The van der Waals surface area contributed by atoms with Crippen molar-refractivity contribution in [1.82, 2.24) is 15.0 Å². The molecule has 2 aromatic carbocycles. The van der Waals surface area contributed by atoms with Crippen LogP contribution >= 0.6 is 11.8 Å². The minimum absolute atomic E-state index is 0.127. The average molecular weight is 432 g/mol. The summed E-state index contributed by atoms with van der Waals surface area (Å²) < 4.78 is 40.5. The summed E-state index contributed by atoms with van der Waals surface area (Å²) >= 11 is 1.72. The largest absolute Gasteiger partial charge is 0.416 e. The SMILES string of the molecule is Cc1c(C(=O)N2CC[C@H](C)Sc3ccccc32)nnn1-c1cccc(C(F)(F)F)c1. The van der Waals surface area contributed by atoms with E-state index < -0.39 is 11.7 Å².